The van der Waals surface area contributed by atoms with E-state index in [1.807, 2.05) is 0 Å². The highest BCUT2D eigenvalue weighted by Gasteiger charge is 2.52. The number of carbonyl (C=O) groups is 3. The molecule has 0 aliphatic carbocycles. The third-order valence-corrected chi connectivity index (χ3v) is 5.24. The van der Waals surface area contributed by atoms with Crippen molar-refractivity contribution >= 4 is 17.7 Å². The third-order valence-electron chi connectivity index (χ3n) is 5.24. The van der Waals surface area contributed by atoms with Crippen LogP contribution in [-0.4, -0.2) is 35.5 Å². The molecule has 3 aliphatic heterocycles. The van der Waals surface area contributed by atoms with E-state index < -0.39 is 35.7 Å². The van der Waals surface area contributed by atoms with E-state index in [1.165, 1.54) is 6.08 Å². The van der Waals surface area contributed by atoms with Gasteiger partial charge in [-0.3, -0.25) is 4.79 Å². The molecule has 0 amide bonds. The minimum atomic E-state index is -1.19. The zero-order chi connectivity index (χ0) is 19.2. The second-order valence-electron chi connectivity index (χ2n) is 7.13. The number of ether oxygens (including phenoxy) is 3. The van der Waals surface area contributed by atoms with E-state index in [-0.39, 0.29) is 24.2 Å². The SMILES string of the molecule is C=C1C[C@H]2OC(=O)C(=C)[C@@H]2[C@@H](OC(=O)/C(C)=C/C)C[C@@]2(C)OC1=CC2=O. The van der Waals surface area contributed by atoms with Crippen LogP contribution in [-0.2, 0) is 28.6 Å². The lowest BCUT2D eigenvalue weighted by Gasteiger charge is -2.31. The maximum Gasteiger partial charge on any atom is 0.334 e. The summed E-state index contributed by atoms with van der Waals surface area (Å²) in [5.41, 5.74) is 0.0514. The number of carbonyl (C=O) groups excluding carboxylic acids is 3. The Kier molecular flexibility index (Phi) is 4.38. The molecule has 6 heteroatoms. The van der Waals surface area contributed by atoms with E-state index >= 15 is 0 Å². The minimum Gasteiger partial charge on any atom is -0.479 e. The standard InChI is InChI=1S/C20H22O6/c1-6-10(2)18(22)25-15-9-20(5)16(21)8-13(26-20)11(3)7-14-17(15)12(4)19(23)24-14/h6,8,14-15,17H,3-4,7,9H2,1-2,5H3/b10-6+/t14-,15+,17+,20-/m1/s1. The van der Waals surface area contributed by atoms with Crippen LogP contribution in [0.25, 0.3) is 0 Å². The largest absolute Gasteiger partial charge is 0.479 e. The number of hydrogen-bond acceptors (Lipinski definition) is 6. The number of esters is 2. The lowest BCUT2D eigenvalue weighted by atomic mass is 9.81. The summed E-state index contributed by atoms with van der Waals surface area (Å²) in [6.45, 7) is 12.8. The van der Waals surface area contributed by atoms with E-state index in [9.17, 15) is 14.4 Å². The summed E-state index contributed by atoms with van der Waals surface area (Å²) in [5.74, 6) is -1.41. The molecule has 138 valence electrons. The maximum absolute atomic E-state index is 12.5. The second-order valence-corrected chi connectivity index (χ2v) is 7.13. The summed E-state index contributed by atoms with van der Waals surface area (Å²) in [6.07, 6.45) is 2.08. The molecule has 2 bridgehead atoms. The Balaban J connectivity index is 2.02. The Morgan fingerprint density at radius 1 is 1.38 bits per heavy atom. The summed E-state index contributed by atoms with van der Waals surface area (Å²) in [7, 11) is 0. The van der Waals surface area contributed by atoms with Gasteiger partial charge in [0.25, 0.3) is 0 Å². The first-order chi connectivity index (χ1) is 12.2. The average molecular weight is 358 g/mol. The molecule has 4 atom stereocenters. The van der Waals surface area contributed by atoms with Gasteiger partial charge in [-0.1, -0.05) is 19.2 Å². The molecule has 6 nitrogen and oxygen atoms in total. The van der Waals surface area contributed by atoms with Gasteiger partial charge in [0, 0.05) is 30.1 Å². The minimum absolute atomic E-state index is 0.0959. The van der Waals surface area contributed by atoms with Crippen molar-refractivity contribution < 1.29 is 28.6 Å². The first-order valence-electron chi connectivity index (χ1n) is 8.53. The maximum atomic E-state index is 12.5. The van der Waals surface area contributed by atoms with Crippen LogP contribution < -0.4 is 0 Å². The van der Waals surface area contributed by atoms with Crippen molar-refractivity contribution in [2.75, 3.05) is 0 Å². The number of ketones is 1. The molecule has 0 aromatic rings. The topological polar surface area (TPSA) is 78.9 Å². The highest BCUT2D eigenvalue weighted by atomic mass is 16.6. The van der Waals surface area contributed by atoms with Crippen LogP contribution in [0.4, 0.5) is 0 Å². The normalized spacial score (nSPS) is 34.2. The summed E-state index contributed by atoms with van der Waals surface area (Å²) < 4.78 is 17.0. The lowest BCUT2D eigenvalue weighted by molar-refractivity contribution is -0.153. The molecule has 0 N–H and O–H groups in total. The molecule has 0 unspecified atom stereocenters. The van der Waals surface area contributed by atoms with Crippen molar-refractivity contribution in [2.45, 2.75) is 51.4 Å². The van der Waals surface area contributed by atoms with Gasteiger partial charge in [-0.15, -0.1) is 0 Å². The summed E-state index contributed by atoms with van der Waals surface area (Å²) >= 11 is 0. The summed E-state index contributed by atoms with van der Waals surface area (Å²) in [4.78, 5) is 36.9. The first-order valence-corrected chi connectivity index (χ1v) is 8.53. The van der Waals surface area contributed by atoms with E-state index in [2.05, 4.69) is 13.2 Å². The average Bonchev–Trinajstić information content (AvgIpc) is 3.03. The second kappa shape index (κ2) is 6.27. The molecule has 2 fully saturated rings. The predicted octanol–water partition coefficient (Wildman–Crippen LogP) is 2.55. The molecule has 0 saturated carbocycles. The molecule has 2 saturated heterocycles. The first kappa shape index (κ1) is 18.2. The third kappa shape index (κ3) is 2.89. The number of allylic oxidation sites excluding steroid dienone is 2. The van der Waals surface area contributed by atoms with Gasteiger partial charge in [-0.05, 0) is 26.3 Å². The van der Waals surface area contributed by atoms with Crippen molar-refractivity contribution in [1.82, 2.24) is 0 Å². The molecule has 0 radical (unpaired) electrons. The van der Waals surface area contributed by atoms with Gasteiger partial charge >= 0.3 is 11.9 Å². The van der Waals surface area contributed by atoms with Crippen LogP contribution in [0.5, 0.6) is 0 Å². The van der Waals surface area contributed by atoms with Crippen LogP contribution in [0.2, 0.25) is 0 Å². The van der Waals surface area contributed by atoms with E-state index in [0.29, 0.717) is 16.9 Å². The Bertz CT molecular complexity index is 786. The zero-order valence-corrected chi connectivity index (χ0v) is 15.2. The smallest absolute Gasteiger partial charge is 0.334 e. The number of hydrogen-bond donors (Lipinski definition) is 0. The van der Waals surface area contributed by atoms with Gasteiger partial charge in [-0.25, -0.2) is 9.59 Å². The van der Waals surface area contributed by atoms with Crippen molar-refractivity contribution in [1.29, 1.82) is 0 Å². The summed E-state index contributed by atoms with van der Waals surface area (Å²) in [5, 5.41) is 0. The fourth-order valence-corrected chi connectivity index (χ4v) is 3.51. The summed E-state index contributed by atoms with van der Waals surface area (Å²) in [6, 6.07) is 0. The Morgan fingerprint density at radius 3 is 2.73 bits per heavy atom. The number of fused-ring (bicyclic) bond motifs is 3. The van der Waals surface area contributed by atoms with Gasteiger partial charge in [0.1, 0.15) is 18.0 Å². The molecule has 0 spiro atoms. The van der Waals surface area contributed by atoms with Crippen LogP contribution in [0.3, 0.4) is 0 Å². The van der Waals surface area contributed by atoms with E-state index in [4.69, 9.17) is 14.2 Å². The van der Waals surface area contributed by atoms with Gasteiger partial charge < -0.3 is 14.2 Å². The molecule has 0 aromatic heterocycles. The quantitative estimate of drug-likeness (QED) is 0.558. The molecule has 3 heterocycles. The highest BCUT2D eigenvalue weighted by Crippen LogP contribution is 2.44. The molecular formula is C20H22O6. The zero-order valence-electron chi connectivity index (χ0n) is 15.2. The monoisotopic (exact) mass is 358 g/mol. The Hall–Kier alpha value is -2.63. The molecule has 3 aliphatic rings. The number of rotatable bonds is 2. The fraction of sp³-hybridized carbons (Fsp3) is 0.450. The van der Waals surface area contributed by atoms with Crippen LogP contribution in [0.15, 0.2) is 47.8 Å². The Morgan fingerprint density at radius 2 is 2.08 bits per heavy atom. The van der Waals surface area contributed by atoms with Crippen LogP contribution in [0, 0.1) is 5.92 Å². The fourth-order valence-electron chi connectivity index (χ4n) is 3.51. The van der Waals surface area contributed by atoms with Crippen LogP contribution in [0.1, 0.15) is 33.6 Å². The van der Waals surface area contributed by atoms with Crippen molar-refractivity contribution in [3.05, 3.63) is 47.8 Å². The van der Waals surface area contributed by atoms with Crippen molar-refractivity contribution in [3.8, 4) is 0 Å². The van der Waals surface area contributed by atoms with Crippen LogP contribution >= 0.6 is 0 Å². The lowest BCUT2D eigenvalue weighted by Crippen LogP contribution is -2.43. The van der Waals surface area contributed by atoms with Gasteiger partial charge in [0.05, 0.1) is 5.92 Å². The predicted molar refractivity (Wildman–Crippen MR) is 92.8 cm³/mol. The Labute approximate surface area is 152 Å². The van der Waals surface area contributed by atoms with Gasteiger partial charge in [0.15, 0.2) is 5.60 Å². The molecule has 0 aromatic carbocycles. The van der Waals surface area contributed by atoms with Crippen molar-refractivity contribution in [2.24, 2.45) is 5.92 Å². The van der Waals surface area contributed by atoms with Gasteiger partial charge in [0.2, 0.25) is 5.78 Å². The van der Waals surface area contributed by atoms with Crippen molar-refractivity contribution in [3.63, 3.8) is 0 Å². The molecule has 26 heavy (non-hydrogen) atoms. The molecular weight excluding hydrogens is 336 g/mol. The van der Waals surface area contributed by atoms with Gasteiger partial charge in [-0.2, -0.15) is 0 Å². The molecule has 3 rings (SSSR count). The highest BCUT2D eigenvalue weighted by molar-refractivity contribution is 6.00. The van der Waals surface area contributed by atoms with E-state index in [1.54, 1.807) is 26.8 Å². The van der Waals surface area contributed by atoms with E-state index in [0.717, 1.165) is 0 Å².